The van der Waals surface area contributed by atoms with Crippen LogP contribution in [0.25, 0.3) is 10.8 Å². The van der Waals surface area contributed by atoms with Gasteiger partial charge in [-0.2, -0.15) is 5.10 Å². The van der Waals surface area contributed by atoms with Crippen LogP contribution in [0.15, 0.2) is 53.3 Å². The minimum atomic E-state index is -0.231. The van der Waals surface area contributed by atoms with Gasteiger partial charge >= 0.3 is 0 Å². The first kappa shape index (κ1) is 17.7. The lowest BCUT2D eigenvalue weighted by Crippen LogP contribution is -2.30. The predicted octanol–water partition coefficient (Wildman–Crippen LogP) is 2.60. The number of benzene rings is 2. The smallest absolute Gasteiger partial charge is 0.274 e. The van der Waals surface area contributed by atoms with Gasteiger partial charge in [0, 0.05) is 26.0 Å². The molecule has 0 aliphatic rings. The highest BCUT2D eigenvalue weighted by molar-refractivity contribution is 6.04. The Morgan fingerprint density at radius 2 is 1.77 bits per heavy atom. The van der Waals surface area contributed by atoms with E-state index in [0.717, 1.165) is 11.3 Å². The van der Waals surface area contributed by atoms with Crippen molar-refractivity contribution >= 4 is 16.7 Å². The summed E-state index contributed by atoms with van der Waals surface area (Å²) in [5, 5.41) is 5.25. The Labute approximate surface area is 151 Å². The number of ether oxygens (including phenoxy) is 1. The summed E-state index contributed by atoms with van der Waals surface area (Å²) in [7, 11) is 3.28. The third kappa shape index (κ3) is 3.44. The molecule has 1 aromatic heterocycles. The minimum Gasteiger partial charge on any atom is -0.494 e. The van der Waals surface area contributed by atoms with E-state index >= 15 is 0 Å². The van der Waals surface area contributed by atoms with Crippen molar-refractivity contribution in [1.82, 2.24) is 14.7 Å². The fourth-order valence-corrected chi connectivity index (χ4v) is 2.84. The number of amides is 1. The number of carbonyl (C=O) groups is 1. The molecule has 0 aliphatic carbocycles. The monoisotopic (exact) mass is 351 g/mol. The van der Waals surface area contributed by atoms with Crippen LogP contribution in [-0.2, 0) is 13.6 Å². The summed E-state index contributed by atoms with van der Waals surface area (Å²) in [6, 6.07) is 14.7. The van der Waals surface area contributed by atoms with Crippen molar-refractivity contribution in [1.29, 1.82) is 0 Å². The fourth-order valence-electron chi connectivity index (χ4n) is 2.84. The van der Waals surface area contributed by atoms with E-state index in [9.17, 15) is 9.59 Å². The maximum absolute atomic E-state index is 12.9. The Morgan fingerprint density at radius 3 is 2.42 bits per heavy atom. The van der Waals surface area contributed by atoms with E-state index < -0.39 is 0 Å². The average molecular weight is 351 g/mol. The predicted molar refractivity (Wildman–Crippen MR) is 100 cm³/mol. The van der Waals surface area contributed by atoms with Gasteiger partial charge in [0.25, 0.3) is 11.5 Å². The van der Waals surface area contributed by atoms with Gasteiger partial charge in [-0.1, -0.05) is 30.3 Å². The number of aromatic nitrogens is 2. The van der Waals surface area contributed by atoms with Crippen LogP contribution in [0.3, 0.4) is 0 Å². The van der Waals surface area contributed by atoms with Crippen LogP contribution in [0.4, 0.5) is 0 Å². The molecule has 1 heterocycles. The normalized spacial score (nSPS) is 10.7. The lowest BCUT2D eigenvalue weighted by atomic mass is 10.1. The molecule has 0 atom stereocenters. The van der Waals surface area contributed by atoms with Crippen LogP contribution in [-0.4, -0.2) is 34.2 Å². The van der Waals surface area contributed by atoms with Gasteiger partial charge in [0.1, 0.15) is 5.75 Å². The standard InChI is InChI=1S/C20H21N3O3/c1-4-26-15-11-9-14(10-12-15)13-22(2)20(25)18-16-7-5-6-8-17(16)19(24)23(3)21-18/h5-12H,4,13H2,1-3H3. The Morgan fingerprint density at radius 1 is 1.12 bits per heavy atom. The van der Waals surface area contributed by atoms with Gasteiger partial charge in [0.2, 0.25) is 0 Å². The average Bonchev–Trinajstić information content (AvgIpc) is 2.66. The Bertz CT molecular complexity index is 993. The van der Waals surface area contributed by atoms with E-state index in [1.165, 1.54) is 4.68 Å². The maximum atomic E-state index is 12.9. The molecule has 0 unspecified atom stereocenters. The molecule has 0 spiro atoms. The fraction of sp³-hybridized carbons (Fsp3) is 0.250. The molecule has 0 N–H and O–H groups in total. The number of rotatable bonds is 5. The lowest BCUT2D eigenvalue weighted by molar-refractivity contribution is 0.0779. The van der Waals surface area contributed by atoms with Gasteiger partial charge < -0.3 is 9.64 Å². The highest BCUT2D eigenvalue weighted by Crippen LogP contribution is 2.17. The molecule has 2 aromatic carbocycles. The summed E-state index contributed by atoms with van der Waals surface area (Å²) in [5.41, 5.74) is 1.04. The Balaban J connectivity index is 1.88. The first-order chi connectivity index (χ1) is 12.5. The molecule has 134 valence electrons. The van der Waals surface area contributed by atoms with Crippen molar-refractivity contribution in [3.8, 4) is 5.75 Å². The zero-order valence-electron chi connectivity index (χ0n) is 15.1. The Kier molecular flexibility index (Phi) is 5.02. The number of hydrogen-bond acceptors (Lipinski definition) is 4. The second-order valence-corrected chi connectivity index (χ2v) is 6.06. The number of carbonyl (C=O) groups excluding carboxylic acids is 1. The van der Waals surface area contributed by atoms with Gasteiger partial charge in [-0.05, 0) is 30.7 Å². The quantitative estimate of drug-likeness (QED) is 0.709. The number of fused-ring (bicyclic) bond motifs is 1. The van der Waals surface area contributed by atoms with Crippen molar-refractivity contribution in [2.75, 3.05) is 13.7 Å². The van der Waals surface area contributed by atoms with Crippen molar-refractivity contribution in [3.05, 3.63) is 70.1 Å². The highest BCUT2D eigenvalue weighted by atomic mass is 16.5. The molecule has 0 saturated heterocycles. The molecular weight excluding hydrogens is 330 g/mol. The maximum Gasteiger partial charge on any atom is 0.274 e. The molecule has 0 radical (unpaired) electrons. The molecule has 0 aliphatic heterocycles. The molecule has 3 aromatic rings. The van der Waals surface area contributed by atoms with Gasteiger partial charge in [-0.25, -0.2) is 4.68 Å². The second-order valence-electron chi connectivity index (χ2n) is 6.06. The third-order valence-corrected chi connectivity index (χ3v) is 4.16. The summed E-state index contributed by atoms with van der Waals surface area (Å²) in [5.74, 6) is 0.571. The van der Waals surface area contributed by atoms with Crippen molar-refractivity contribution in [2.45, 2.75) is 13.5 Å². The molecule has 6 nitrogen and oxygen atoms in total. The highest BCUT2D eigenvalue weighted by Gasteiger charge is 2.19. The van der Waals surface area contributed by atoms with E-state index in [0.29, 0.717) is 23.9 Å². The molecular formula is C20H21N3O3. The van der Waals surface area contributed by atoms with Crippen LogP contribution in [0.5, 0.6) is 5.75 Å². The molecule has 26 heavy (non-hydrogen) atoms. The number of aryl methyl sites for hydroxylation is 1. The molecule has 0 bridgehead atoms. The summed E-state index contributed by atoms with van der Waals surface area (Å²) >= 11 is 0. The molecule has 6 heteroatoms. The van der Waals surface area contributed by atoms with Crippen LogP contribution in [0.1, 0.15) is 23.0 Å². The van der Waals surface area contributed by atoms with Crippen LogP contribution in [0.2, 0.25) is 0 Å². The van der Waals surface area contributed by atoms with Crippen molar-refractivity contribution in [3.63, 3.8) is 0 Å². The second kappa shape index (κ2) is 7.39. The molecule has 0 saturated carbocycles. The van der Waals surface area contributed by atoms with E-state index in [4.69, 9.17) is 4.74 Å². The minimum absolute atomic E-state index is 0.216. The van der Waals surface area contributed by atoms with E-state index in [2.05, 4.69) is 5.10 Å². The summed E-state index contributed by atoms with van der Waals surface area (Å²) < 4.78 is 6.64. The van der Waals surface area contributed by atoms with Crippen LogP contribution in [0, 0.1) is 0 Å². The molecule has 3 rings (SSSR count). The lowest BCUT2D eigenvalue weighted by Gasteiger charge is -2.18. The Hall–Kier alpha value is -3.15. The summed E-state index contributed by atoms with van der Waals surface area (Å²) in [6.45, 7) is 2.98. The third-order valence-electron chi connectivity index (χ3n) is 4.16. The van der Waals surface area contributed by atoms with Crippen molar-refractivity contribution < 1.29 is 9.53 Å². The van der Waals surface area contributed by atoms with Gasteiger partial charge in [0.05, 0.1) is 12.0 Å². The van der Waals surface area contributed by atoms with Crippen LogP contribution >= 0.6 is 0 Å². The van der Waals surface area contributed by atoms with Crippen molar-refractivity contribution in [2.24, 2.45) is 7.05 Å². The molecule has 0 fully saturated rings. The first-order valence-corrected chi connectivity index (χ1v) is 8.44. The number of hydrogen-bond donors (Lipinski definition) is 0. The van der Waals surface area contributed by atoms with Gasteiger partial charge in [0.15, 0.2) is 5.69 Å². The molecule has 1 amide bonds. The zero-order chi connectivity index (χ0) is 18.7. The first-order valence-electron chi connectivity index (χ1n) is 8.44. The summed E-state index contributed by atoms with van der Waals surface area (Å²) in [6.07, 6.45) is 0. The van der Waals surface area contributed by atoms with E-state index in [1.54, 1.807) is 43.3 Å². The van der Waals surface area contributed by atoms with Gasteiger partial charge in [-0.15, -0.1) is 0 Å². The van der Waals surface area contributed by atoms with Crippen LogP contribution < -0.4 is 10.3 Å². The van der Waals surface area contributed by atoms with E-state index in [1.807, 2.05) is 31.2 Å². The summed E-state index contributed by atoms with van der Waals surface area (Å²) in [4.78, 5) is 26.7. The largest absolute Gasteiger partial charge is 0.494 e. The van der Waals surface area contributed by atoms with E-state index in [-0.39, 0.29) is 17.2 Å². The van der Waals surface area contributed by atoms with Gasteiger partial charge in [-0.3, -0.25) is 9.59 Å². The zero-order valence-corrected chi connectivity index (χ0v) is 15.1. The topological polar surface area (TPSA) is 64.4 Å². The number of nitrogens with zero attached hydrogens (tertiary/aromatic N) is 3. The SMILES string of the molecule is CCOc1ccc(CN(C)C(=O)c2nn(C)c(=O)c3ccccc23)cc1.